The minimum Gasteiger partial charge on any atom is -0.379 e. The first-order chi connectivity index (χ1) is 16.1. The van der Waals surface area contributed by atoms with Gasteiger partial charge >= 0.3 is 0 Å². The third-order valence-corrected chi connectivity index (χ3v) is 6.00. The van der Waals surface area contributed by atoms with Crippen molar-refractivity contribution < 1.29 is 13.9 Å². The SMILES string of the molecule is N#Cc1cc(-c2ccnc(NC3CCOC3)n2)cc2c1N(C(=O)Cc1ccccc1F)CC2. The molecule has 2 aliphatic heterocycles. The van der Waals surface area contributed by atoms with Crippen molar-refractivity contribution in [2.75, 3.05) is 30.0 Å². The molecule has 0 radical (unpaired) electrons. The number of carbonyl (C=O) groups is 1. The minimum atomic E-state index is -0.404. The van der Waals surface area contributed by atoms with Gasteiger partial charge in [0, 0.05) is 24.9 Å². The zero-order valence-electron chi connectivity index (χ0n) is 17.9. The van der Waals surface area contributed by atoms with Crippen LogP contribution in [0.2, 0.25) is 0 Å². The average molecular weight is 443 g/mol. The topological polar surface area (TPSA) is 91.1 Å². The van der Waals surface area contributed by atoms with E-state index in [0.717, 1.165) is 24.2 Å². The van der Waals surface area contributed by atoms with Gasteiger partial charge in [-0.1, -0.05) is 18.2 Å². The molecule has 0 spiro atoms. The van der Waals surface area contributed by atoms with E-state index in [9.17, 15) is 14.4 Å². The predicted molar refractivity (Wildman–Crippen MR) is 121 cm³/mol. The van der Waals surface area contributed by atoms with Crippen molar-refractivity contribution in [3.8, 4) is 17.3 Å². The van der Waals surface area contributed by atoms with E-state index in [0.29, 0.717) is 48.0 Å². The third-order valence-electron chi connectivity index (χ3n) is 6.00. The van der Waals surface area contributed by atoms with Crippen LogP contribution in [0.3, 0.4) is 0 Å². The summed E-state index contributed by atoms with van der Waals surface area (Å²) < 4.78 is 19.4. The van der Waals surface area contributed by atoms with Gasteiger partial charge in [0.05, 0.1) is 36.0 Å². The highest BCUT2D eigenvalue weighted by Crippen LogP contribution is 2.36. The summed E-state index contributed by atoms with van der Waals surface area (Å²) in [5, 5.41) is 13.1. The van der Waals surface area contributed by atoms with Crippen LogP contribution in [-0.2, 0) is 22.4 Å². The molecule has 0 saturated carbocycles. The molecule has 1 amide bonds. The first-order valence-electron chi connectivity index (χ1n) is 10.9. The van der Waals surface area contributed by atoms with Crippen LogP contribution in [0.25, 0.3) is 11.3 Å². The Kier molecular flexibility index (Phi) is 5.71. The largest absolute Gasteiger partial charge is 0.379 e. The number of amides is 1. The molecule has 7 nitrogen and oxygen atoms in total. The zero-order valence-corrected chi connectivity index (χ0v) is 17.9. The maximum atomic E-state index is 14.0. The molecule has 2 aromatic carbocycles. The number of rotatable bonds is 5. The maximum Gasteiger partial charge on any atom is 0.231 e. The molecule has 1 N–H and O–H groups in total. The Balaban J connectivity index is 1.42. The van der Waals surface area contributed by atoms with E-state index in [1.165, 1.54) is 6.07 Å². The van der Waals surface area contributed by atoms with Gasteiger partial charge in [0.25, 0.3) is 0 Å². The maximum absolute atomic E-state index is 14.0. The van der Waals surface area contributed by atoms with E-state index < -0.39 is 5.82 Å². The first-order valence-corrected chi connectivity index (χ1v) is 10.9. The van der Waals surface area contributed by atoms with Gasteiger partial charge in [-0.15, -0.1) is 0 Å². The lowest BCUT2D eigenvalue weighted by Crippen LogP contribution is -2.31. The standard InChI is InChI=1S/C25H22FN5O2/c26-21-4-2-1-3-16(21)13-23(32)31-9-6-17-11-18(12-19(14-27)24(17)31)22-5-8-28-25(30-22)29-20-7-10-33-15-20/h1-5,8,11-12,20H,6-7,9-10,13,15H2,(H,28,29,30). The van der Waals surface area contributed by atoms with Crippen molar-refractivity contribution in [2.24, 2.45) is 0 Å². The molecular weight excluding hydrogens is 421 g/mol. The molecule has 1 unspecified atom stereocenters. The molecule has 33 heavy (non-hydrogen) atoms. The van der Waals surface area contributed by atoms with Gasteiger partial charge in [0.1, 0.15) is 11.9 Å². The van der Waals surface area contributed by atoms with Crippen molar-refractivity contribution >= 4 is 17.5 Å². The number of ether oxygens (including phenoxy) is 1. The van der Waals surface area contributed by atoms with Gasteiger partial charge in [-0.25, -0.2) is 14.4 Å². The summed E-state index contributed by atoms with van der Waals surface area (Å²) in [5.41, 5.74) is 3.75. The van der Waals surface area contributed by atoms with Crippen LogP contribution in [0.15, 0.2) is 48.7 Å². The van der Waals surface area contributed by atoms with Crippen LogP contribution < -0.4 is 10.2 Å². The fraction of sp³-hybridized carbons (Fsp3) is 0.280. The fourth-order valence-corrected chi connectivity index (χ4v) is 4.35. The molecule has 1 saturated heterocycles. The number of halogens is 1. The Morgan fingerprint density at radius 2 is 2.18 bits per heavy atom. The molecule has 166 valence electrons. The average Bonchev–Trinajstić information content (AvgIpc) is 3.50. The second-order valence-electron chi connectivity index (χ2n) is 8.18. The van der Waals surface area contributed by atoms with Crippen molar-refractivity contribution in [1.29, 1.82) is 5.26 Å². The van der Waals surface area contributed by atoms with E-state index in [1.54, 1.807) is 41.4 Å². The van der Waals surface area contributed by atoms with Crippen LogP contribution in [0.1, 0.15) is 23.1 Å². The summed E-state index contributed by atoms with van der Waals surface area (Å²) in [4.78, 5) is 23.5. The number of benzene rings is 2. The molecule has 0 aliphatic carbocycles. The van der Waals surface area contributed by atoms with Crippen molar-refractivity contribution in [3.05, 3.63) is 71.2 Å². The summed E-state index contributed by atoms with van der Waals surface area (Å²) in [6.07, 6.45) is 3.16. The molecule has 3 aromatic rings. The van der Waals surface area contributed by atoms with Gasteiger partial charge in [0.2, 0.25) is 11.9 Å². The van der Waals surface area contributed by atoms with Gasteiger partial charge < -0.3 is 15.0 Å². The predicted octanol–water partition coefficient (Wildman–Crippen LogP) is 3.49. The number of fused-ring (bicyclic) bond motifs is 1. The first kappa shape index (κ1) is 21.0. The lowest BCUT2D eigenvalue weighted by Gasteiger charge is -2.19. The molecule has 3 heterocycles. The summed E-state index contributed by atoms with van der Waals surface area (Å²) in [5.74, 6) is -0.113. The Morgan fingerprint density at radius 3 is 2.97 bits per heavy atom. The van der Waals surface area contributed by atoms with Gasteiger partial charge in [-0.2, -0.15) is 5.26 Å². The van der Waals surface area contributed by atoms with E-state index in [4.69, 9.17) is 4.74 Å². The summed E-state index contributed by atoms with van der Waals surface area (Å²) in [6, 6.07) is 14.2. The lowest BCUT2D eigenvalue weighted by atomic mass is 10.0. The molecule has 5 rings (SSSR count). The van der Waals surface area contributed by atoms with Crippen molar-refractivity contribution in [1.82, 2.24) is 9.97 Å². The minimum absolute atomic E-state index is 0.0510. The van der Waals surface area contributed by atoms with Crippen LogP contribution in [0, 0.1) is 17.1 Å². The van der Waals surface area contributed by atoms with Gasteiger partial charge in [-0.3, -0.25) is 4.79 Å². The molecule has 2 aliphatic rings. The normalized spacial score (nSPS) is 17.0. The molecule has 1 fully saturated rings. The van der Waals surface area contributed by atoms with E-state index >= 15 is 0 Å². The van der Waals surface area contributed by atoms with Crippen molar-refractivity contribution in [3.63, 3.8) is 0 Å². The molecule has 1 aromatic heterocycles. The monoisotopic (exact) mass is 443 g/mol. The number of nitrogens with one attached hydrogen (secondary N) is 1. The summed E-state index contributed by atoms with van der Waals surface area (Å²) in [6.45, 7) is 1.81. The number of hydrogen-bond donors (Lipinski definition) is 1. The van der Waals surface area contributed by atoms with Crippen LogP contribution in [0.4, 0.5) is 16.0 Å². The molecule has 1 atom stereocenters. The number of nitrogens with zero attached hydrogens (tertiary/aromatic N) is 4. The van der Waals surface area contributed by atoms with Crippen LogP contribution in [-0.4, -0.2) is 41.7 Å². The van der Waals surface area contributed by atoms with Crippen molar-refractivity contribution in [2.45, 2.75) is 25.3 Å². The Hall–Kier alpha value is -3.83. The smallest absolute Gasteiger partial charge is 0.231 e. The number of carbonyl (C=O) groups excluding carboxylic acids is 1. The summed E-state index contributed by atoms with van der Waals surface area (Å²) in [7, 11) is 0. The second-order valence-corrected chi connectivity index (χ2v) is 8.18. The zero-order chi connectivity index (χ0) is 22.8. The Bertz CT molecular complexity index is 1250. The number of aromatic nitrogens is 2. The summed E-state index contributed by atoms with van der Waals surface area (Å²) >= 11 is 0. The van der Waals surface area contributed by atoms with E-state index in [2.05, 4.69) is 21.4 Å². The Morgan fingerprint density at radius 1 is 1.30 bits per heavy atom. The highest BCUT2D eigenvalue weighted by Gasteiger charge is 2.29. The third kappa shape index (κ3) is 4.28. The quantitative estimate of drug-likeness (QED) is 0.649. The molecule has 8 heteroatoms. The number of hydrogen-bond acceptors (Lipinski definition) is 6. The second kappa shape index (κ2) is 8.96. The number of nitriles is 1. The highest BCUT2D eigenvalue weighted by molar-refractivity contribution is 5.98. The van der Waals surface area contributed by atoms with Crippen LogP contribution in [0.5, 0.6) is 0 Å². The molecule has 0 bridgehead atoms. The van der Waals surface area contributed by atoms with Gasteiger partial charge in [0.15, 0.2) is 0 Å². The number of anilines is 2. The van der Waals surface area contributed by atoms with Crippen LogP contribution >= 0.6 is 0 Å². The van der Waals surface area contributed by atoms with E-state index in [-0.39, 0.29) is 18.4 Å². The Labute approximate surface area is 190 Å². The highest BCUT2D eigenvalue weighted by atomic mass is 19.1. The van der Waals surface area contributed by atoms with Gasteiger partial charge in [-0.05, 0) is 48.2 Å². The fourth-order valence-electron chi connectivity index (χ4n) is 4.35. The molecular formula is C25H22FN5O2. The van der Waals surface area contributed by atoms with E-state index in [1.807, 2.05) is 6.07 Å². The lowest BCUT2D eigenvalue weighted by molar-refractivity contribution is -0.117.